The van der Waals surface area contributed by atoms with Crippen molar-refractivity contribution >= 4 is 22.7 Å². The molecular formula is C9H8N2OS. The molecule has 1 aromatic rings. The Morgan fingerprint density at radius 3 is 3.00 bits per heavy atom. The van der Waals surface area contributed by atoms with Crippen LogP contribution in [0.5, 0.6) is 0 Å². The van der Waals surface area contributed by atoms with Crippen molar-refractivity contribution in [3.05, 3.63) is 29.8 Å². The van der Waals surface area contributed by atoms with Gasteiger partial charge in [0.25, 0.3) is 5.23 Å². The highest BCUT2D eigenvalue weighted by atomic mass is 32.2. The molecule has 0 saturated heterocycles. The maximum Gasteiger partial charge on any atom is 0.281 e. The van der Waals surface area contributed by atoms with Gasteiger partial charge in [-0.3, -0.25) is 5.41 Å². The van der Waals surface area contributed by atoms with E-state index < -0.39 is 0 Å². The SMILES string of the molecule is CC1=NOC(=N)Sc2ccccc21. The van der Waals surface area contributed by atoms with Crippen LogP contribution in [-0.2, 0) is 4.84 Å². The largest absolute Gasteiger partial charge is 0.329 e. The molecule has 1 N–H and O–H groups in total. The van der Waals surface area contributed by atoms with E-state index in [0.29, 0.717) is 0 Å². The molecule has 0 bridgehead atoms. The van der Waals surface area contributed by atoms with Crippen molar-refractivity contribution in [3.8, 4) is 0 Å². The Bertz CT molecular complexity index is 387. The molecule has 4 heteroatoms. The summed E-state index contributed by atoms with van der Waals surface area (Å²) in [7, 11) is 0. The number of hydrogen-bond acceptors (Lipinski definition) is 4. The lowest BCUT2D eigenvalue weighted by Crippen LogP contribution is -1.94. The first-order valence-electron chi connectivity index (χ1n) is 3.85. The molecule has 1 heterocycles. The molecule has 0 aliphatic carbocycles. The van der Waals surface area contributed by atoms with Crippen LogP contribution in [0.15, 0.2) is 34.3 Å². The van der Waals surface area contributed by atoms with E-state index in [9.17, 15) is 0 Å². The van der Waals surface area contributed by atoms with E-state index in [1.807, 2.05) is 31.2 Å². The van der Waals surface area contributed by atoms with Crippen molar-refractivity contribution in [1.82, 2.24) is 0 Å². The Morgan fingerprint density at radius 1 is 1.38 bits per heavy atom. The van der Waals surface area contributed by atoms with Gasteiger partial charge in [-0.1, -0.05) is 23.4 Å². The van der Waals surface area contributed by atoms with Crippen molar-refractivity contribution in [3.63, 3.8) is 0 Å². The number of rotatable bonds is 0. The Labute approximate surface area is 80.3 Å². The Kier molecular flexibility index (Phi) is 2.06. The zero-order valence-corrected chi connectivity index (χ0v) is 7.89. The second-order valence-electron chi connectivity index (χ2n) is 2.65. The third-order valence-corrected chi connectivity index (χ3v) is 2.58. The monoisotopic (exact) mass is 192 g/mol. The van der Waals surface area contributed by atoms with Crippen LogP contribution in [-0.4, -0.2) is 10.9 Å². The van der Waals surface area contributed by atoms with Gasteiger partial charge in [0.1, 0.15) is 0 Å². The van der Waals surface area contributed by atoms with E-state index in [1.54, 1.807) is 0 Å². The lowest BCUT2D eigenvalue weighted by Gasteiger charge is -2.00. The van der Waals surface area contributed by atoms with E-state index in [-0.39, 0.29) is 5.23 Å². The normalized spacial score (nSPS) is 15.5. The van der Waals surface area contributed by atoms with Gasteiger partial charge in [-0.15, -0.1) is 0 Å². The van der Waals surface area contributed by atoms with Crippen LogP contribution in [0.1, 0.15) is 12.5 Å². The van der Waals surface area contributed by atoms with E-state index in [4.69, 9.17) is 10.2 Å². The van der Waals surface area contributed by atoms with Gasteiger partial charge in [0, 0.05) is 10.5 Å². The third kappa shape index (κ3) is 1.58. The highest BCUT2D eigenvalue weighted by Gasteiger charge is 2.13. The summed E-state index contributed by atoms with van der Waals surface area (Å²) in [5.41, 5.74) is 1.85. The fourth-order valence-electron chi connectivity index (χ4n) is 1.13. The minimum Gasteiger partial charge on any atom is -0.329 e. The molecule has 0 atom stereocenters. The summed E-state index contributed by atoms with van der Waals surface area (Å²) in [6.45, 7) is 1.87. The molecule has 0 fully saturated rings. The topological polar surface area (TPSA) is 45.4 Å². The van der Waals surface area contributed by atoms with Gasteiger partial charge in [0.05, 0.1) is 5.71 Å². The van der Waals surface area contributed by atoms with E-state index in [2.05, 4.69) is 5.16 Å². The number of fused-ring (bicyclic) bond motifs is 1. The second kappa shape index (κ2) is 3.22. The predicted octanol–water partition coefficient (Wildman–Crippen LogP) is 2.47. The number of thioether (sulfide) groups is 1. The molecule has 66 valence electrons. The standard InChI is InChI=1S/C9H8N2OS/c1-6-7-4-2-3-5-8(7)13-9(10)12-11-6/h2-5,10H,1H3. The van der Waals surface area contributed by atoms with Gasteiger partial charge in [-0.2, -0.15) is 0 Å². The van der Waals surface area contributed by atoms with Gasteiger partial charge >= 0.3 is 0 Å². The van der Waals surface area contributed by atoms with Gasteiger partial charge in [-0.25, -0.2) is 0 Å². The Morgan fingerprint density at radius 2 is 2.15 bits per heavy atom. The summed E-state index contributed by atoms with van der Waals surface area (Å²) < 4.78 is 0. The van der Waals surface area contributed by atoms with Crippen LogP contribution >= 0.6 is 11.8 Å². The third-order valence-electron chi connectivity index (χ3n) is 1.74. The zero-order chi connectivity index (χ0) is 9.26. The molecule has 3 nitrogen and oxygen atoms in total. The smallest absolute Gasteiger partial charge is 0.281 e. The molecule has 0 unspecified atom stereocenters. The molecule has 13 heavy (non-hydrogen) atoms. The van der Waals surface area contributed by atoms with Crippen molar-refractivity contribution in [2.45, 2.75) is 11.8 Å². The summed E-state index contributed by atoms with van der Waals surface area (Å²) in [4.78, 5) is 5.85. The van der Waals surface area contributed by atoms with Crippen LogP contribution in [0.25, 0.3) is 0 Å². The highest BCUT2D eigenvalue weighted by Crippen LogP contribution is 2.26. The van der Waals surface area contributed by atoms with E-state index in [0.717, 1.165) is 16.2 Å². The maximum absolute atomic E-state index is 7.38. The van der Waals surface area contributed by atoms with Crippen LogP contribution in [0, 0.1) is 5.41 Å². The molecule has 2 rings (SSSR count). The van der Waals surface area contributed by atoms with Crippen molar-refractivity contribution in [1.29, 1.82) is 5.41 Å². The van der Waals surface area contributed by atoms with Gasteiger partial charge < -0.3 is 4.84 Å². The summed E-state index contributed by atoms with van der Waals surface area (Å²) in [6, 6.07) is 7.83. The number of benzene rings is 1. The van der Waals surface area contributed by atoms with Crippen LogP contribution in [0.2, 0.25) is 0 Å². The Balaban J connectivity index is 2.55. The summed E-state index contributed by atoms with van der Waals surface area (Å²) in [5.74, 6) is 0. The Hall–Kier alpha value is -1.29. The molecule has 0 spiro atoms. The highest BCUT2D eigenvalue weighted by molar-refractivity contribution is 8.13. The van der Waals surface area contributed by atoms with Crippen molar-refractivity contribution in [2.24, 2.45) is 5.16 Å². The first-order chi connectivity index (χ1) is 6.27. The molecule has 1 aliphatic rings. The summed E-state index contributed by atoms with van der Waals surface area (Å²) >= 11 is 1.28. The zero-order valence-electron chi connectivity index (χ0n) is 7.07. The summed E-state index contributed by atoms with van der Waals surface area (Å²) in [6.07, 6.45) is 0. The molecule has 1 aliphatic heterocycles. The molecule has 0 aromatic heterocycles. The van der Waals surface area contributed by atoms with E-state index >= 15 is 0 Å². The fraction of sp³-hybridized carbons (Fsp3) is 0.111. The second-order valence-corrected chi connectivity index (χ2v) is 3.67. The molecule has 0 amide bonds. The fourth-order valence-corrected chi connectivity index (χ4v) is 1.88. The predicted molar refractivity (Wildman–Crippen MR) is 53.3 cm³/mol. The number of oxime groups is 1. The van der Waals surface area contributed by atoms with E-state index in [1.165, 1.54) is 11.8 Å². The van der Waals surface area contributed by atoms with Crippen LogP contribution in [0.3, 0.4) is 0 Å². The quantitative estimate of drug-likeness (QED) is 0.686. The lowest BCUT2D eigenvalue weighted by atomic mass is 10.1. The van der Waals surface area contributed by atoms with Gasteiger partial charge in [-0.05, 0) is 24.8 Å². The lowest BCUT2D eigenvalue weighted by molar-refractivity contribution is 0.337. The molecule has 0 radical (unpaired) electrons. The number of nitrogens with one attached hydrogen (secondary N) is 1. The van der Waals surface area contributed by atoms with Crippen LogP contribution < -0.4 is 0 Å². The summed E-state index contributed by atoms with van der Waals surface area (Å²) in [5, 5.41) is 11.3. The maximum atomic E-state index is 7.38. The first-order valence-corrected chi connectivity index (χ1v) is 4.66. The minimum absolute atomic E-state index is 0.115. The van der Waals surface area contributed by atoms with Crippen molar-refractivity contribution < 1.29 is 4.84 Å². The average Bonchev–Trinajstić information content (AvgIpc) is 2.27. The van der Waals surface area contributed by atoms with Crippen LogP contribution in [0.4, 0.5) is 0 Å². The number of nitrogens with zero attached hydrogens (tertiary/aromatic N) is 1. The molecular weight excluding hydrogens is 184 g/mol. The minimum atomic E-state index is 0.115. The first kappa shape index (κ1) is 8.31. The average molecular weight is 192 g/mol. The molecule has 1 aromatic carbocycles. The number of hydrogen-bond donors (Lipinski definition) is 1. The van der Waals surface area contributed by atoms with Gasteiger partial charge in [0.2, 0.25) is 0 Å². The van der Waals surface area contributed by atoms with Gasteiger partial charge in [0.15, 0.2) is 0 Å². The van der Waals surface area contributed by atoms with Crippen molar-refractivity contribution in [2.75, 3.05) is 0 Å². The molecule has 0 saturated carbocycles.